The molecule has 21 heavy (non-hydrogen) atoms. The van der Waals surface area contributed by atoms with Gasteiger partial charge in [0, 0.05) is 23.3 Å². The van der Waals surface area contributed by atoms with Crippen LogP contribution >= 0.6 is 15.9 Å². The molecule has 0 amide bonds. The number of nitrogens with zero attached hydrogens (tertiary/aromatic N) is 2. The van der Waals surface area contributed by atoms with Gasteiger partial charge in [-0.2, -0.15) is 0 Å². The van der Waals surface area contributed by atoms with Crippen LogP contribution in [0.3, 0.4) is 0 Å². The molecule has 0 bridgehead atoms. The Morgan fingerprint density at radius 3 is 2.90 bits per heavy atom. The van der Waals surface area contributed by atoms with Crippen LogP contribution in [0, 0.1) is 10.1 Å². The van der Waals surface area contributed by atoms with Crippen molar-refractivity contribution in [2.24, 2.45) is 0 Å². The highest BCUT2D eigenvalue weighted by molar-refractivity contribution is 9.10. The fourth-order valence-electron chi connectivity index (χ4n) is 1.93. The maximum absolute atomic E-state index is 11.0. The van der Waals surface area contributed by atoms with Gasteiger partial charge in [-0.05, 0) is 34.0 Å². The van der Waals surface area contributed by atoms with E-state index in [1.54, 1.807) is 7.11 Å². The quantitative estimate of drug-likeness (QED) is 0.637. The lowest BCUT2D eigenvalue weighted by atomic mass is 10.1. The first-order valence-electron chi connectivity index (χ1n) is 6.27. The van der Waals surface area contributed by atoms with Crippen molar-refractivity contribution in [3.63, 3.8) is 0 Å². The molecule has 0 spiro atoms. The Morgan fingerprint density at radius 1 is 1.43 bits per heavy atom. The minimum Gasteiger partial charge on any atom is -0.496 e. The number of aromatic nitrogens is 1. The van der Waals surface area contributed by atoms with Crippen molar-refractivity contribution >= 4 is 27.4 Å². The predicted octanol–water partition coefficient (Wildman–Crippen LogP) is 3.42. The number of nitrogens with one attached hydrogen (secondary N) is 1. The molecule has 1 heterocycles. The van der Waals surface area contributed by atoms with Crippen molar-refractivity contribution < 1.29 is 9.66 Å². The summed E-state index contributed by atoms with van der Waals surface area (Å²) in [5, 5.41) is 14.0. The van der Waals surface area contributed by atoms with Gasteiger partial charge in [0.2, 0.25) is 5.82 Å². The second-order valence-electron chi connectivity index (χ2n) is 4.27. The van der Waals surface area contributed by atoms with Gasteiger partial charge < -0.3 is 10.1 Å². The Hall–Kier alpha value is -2.15. The van der Waals surface area contributed by atoms with Crippen LogP contribution in [0.1, 0.15) is 5.56 Å². The first kappa shape index (κ1) is 15.2. The highest BCUT2D eigenvalue weighted by Gasteiger charge is 2.15. The number of methoxy groups -OCH3 is 1. The molecule has 0 fully saturated rings. The number of ether oxygens (including phenoxy) is 1. The van der Waals surface area contributed by atoms with Crippen LogP contribution in [0.2, 0.25) is 0 Å². The minimum atomic E-state index is -0.455. The zero-order valence-corrected chi connectivity index (χ0v) is 13.0. The van der Waals surface area contributed by atoms with Crippen molar-refractivity contribution in [2.45, 2.75) is 6.42 Å². The van der Waals surface area contributed by atoms with Crippen molar-refractivity contribution in [1.29, 1.82) is 0 Å². The van der Waals surface area contributed by atoms with E-state index >= 15 is 0 Å². The summed E-state index contributed by atoms with van der Waals surface area (Å²) in [6.45, 7) is 0.524. The van der Waals surface area contributed by atoms with Crippen molar-refractivity contribution in [1.82, 2.24) is 4.98 Å². The number of rotatable bonds is 6. The third kappa shape index (κ3) is 3.91. The summed E-state index contributed by atoms with van der Waals surface area (Å²) in [7, 11) is 1.62. The molecular weight excluding hydrogens is 338 g/mol. The number of hydrogen-bond acceptors (Lipinski definition) is 5. The molecular formula is C14H14BrN3O3. The Morgan fingerprint density at radius 2 is 2.19 bits per heavy atom. The van der Waals surface area contributed by atoms with Gasteiger partial charge in [-0.25, -0.2) is 4.98 Å². The normalized spacial score (nSPS) is 10.2. The molecule has 2 rings (SSSR count). The zero-order chi connectivity index (χ0) is 15.2. The van der Waals surface area contributed by atoms with E-state index in [1.807, 2.05) is 24.3 Å². The van der Waals surface area contributed by atoms with Crippen LogP contribution in [-0.2, 0) is 6.42 Å². The van der Waals surface area contributed by atoms with Crippen molar-refractivity contribution in [3.05, 3.63) is 56.7 Å². The lowest BCUT2D eigenvalue weighted by Gasteiger charge is -2.09. The fraction of sp³-hybridized carbons (Fsp3) is 0.214. The Bertz CT molecular complexity index is 649. The number of pyridine rings is 1. The summed E-state index contributed by atoms with van der Waals surface area (Å²) in [5.41, 5.74) is 0.983. The first-order chi connectivity index (χ1) is 10.1. The fourth-order valence-corrected chi connectivity index (χ4v) is 2.25. The molecule has 2 aromatic rings. The number of para-hydroxylation sites is 1. The maximum atomic E-state index is 11.0. The molecule has 110 valence electrons. The van der Waals surface area contributed by atoms with E-state index in [0.717, 1.165) is 11.3 Å². The first-order valence-corrected chi connectivity index (χ1v) is 7.07. The molecule has 0 aliphatic carbocycles. The van der Waals surface area contributed by atoms with Gasteiger partial charge in [0.05, 0.1) is 12.0 Å². The van der Waals surface area contributed by atoms with Gasteiger partial charge in [0.25, 0.3) is 0 Å². The highest BCUT2D eigenvalue weighted by atomic mass is 79.9. The topological polar surface area (TPSA) is 77.3 Å². The summed E-state index contributed by atoms with van der Waals surface area (Å²) < 4.78 is 5.84. The van der Waals surface area contributed by atoms with Gasteiger partial charge in [-0.3, -0.25) is 10.1 Å². The summed E-state index contributed by atoms with van der Waals surface area (Å²) >= 11 is 3.18. The van der Waals surface area contributed by atoms with Crippen LogP contribution in [0.25, 0.3) is 0 Å². The van der Waals surface area contributed by atoms with Gasteiger partial charge in [0.1, 0.15) is 5.75 Å². The van der Waals surface area contributed by atoms with Crippen LogP contribution in [-0.4, -0.2) is 23.6 Å². The second-order valence-corrected chi connectivity index (χ2v) is 5.18. The minimum absolute atomic E-state index is 0.0515. The van der Waals surface area contributed by atoms with Crippen LogP contribution in [0.15, 0.2) is 41.0 Å². The molecule has 1 aromatic carbocycles. The number of anilines is 1. The maximum Gasteiger partial charge on any atom is 0.312 e. The number of halogens is 1. The van der Waals surface area contributed by atoms with E-state index in [0.29, 0.717) is 17.4 Å². The van der Waals surface area contributed by atoms with Crippen molar-refractivity contribution in [2.75, 3.05) is 19.0 Å². The van der Waals surface area contributed by atoms with Gasteiger partial charge in [0.15, 0.2) is 0 Å². The summed E-state index contributed by atoms with van der Waals surface area (Å²) in [6, 6.07) is 9.10. The highest BCUT2D eigenvalue weighted by Crippen LogP contribution is 2.25. The lowest BCUT2D eigenvalue weighted by molar-refractivity contribution is -0.384. The van der Waals surface area contributed by atoms with E-state index < -0.39 is 4.92 Å². The molecule has 6 nitrogen and oxygen atoms in total. The molecule has 0 unspecified atom stereocenters. The lowest BCUT2D eigenvalue weighted by Crippen LogP contribution is -2.09. The largest absolute Gasteiger partial charge is 0.496 e. The number of benzene rings is 1. The number of nitro groups is 1. The molecule has 1 N–H and O–H groups in total. The predicted molar refractivity (Wildman–Crippen MR) is 83.8 cm³/mol. The second kappa shape index (κ2) is 7.03. The van der Waals surface area contributed by atoms with Crippen LogP contribution in [0.5, 0.6) is 5.75 Å². The third-order valence-corrected chi connectivity index (χ3v) is 3.34. The molecule has 0 radical (unpaired) electrons. The van der Waals surface area contributed by atoms with E-state index in [-0.39, 0.29) is 11.5 Å². The Balaban J connectivity index is 2.05. The smallest absolute Gasteiger partial charge is 0.312 e. The Kier molecular flexibility index (Phi) is 5.10. The van der Waals surface area contributed by atoms with E-state index in [9.17, 15) is 10.1 Å². The molecule has 0 saturated carbocycles. The molecule has 0 saturated heterocycles. The van der Waals surface area contributed by atoms with Crippen LogP contribution < -0.4 is 10.1 Å². The average Bonchev–Trinajstić information content (AvgIpc) is 2.49. The van der Waals surface area contributed by atoms with Gasteiger partial charge in [-0.1, -0.05) is 18.2 Å². The van der Waals surface area contributed by atoms with Gasteiger partial charge >= 0.3 is 5.69 Å². The monoisotopic (exact) mass is 351 g/mol. The summed E-state index contributed by atoms with van der Waals surface area (Å²) in [6.07, 6.45) is 2.21. The Labute approximate surface area is 130 Å². The molecule has 1 aromatic heterocycles. The van der Waals surface area contributed by atoms with Crippen molar-refractivity contribution in [3.8, 4) is 5.75 Å². The van der Waals surface area contributed by atoms with Crippen LogP contribution in [0.4, 0.5) is 11.5 Å². The number of hydrogen-bond donors (Lipinski definition) is 1. The third-order valence-electron chi connectivity index (χ3n) is 2.91. The molecule has 7 heteroatoms. The standard InChI is InChI=1S/C14H14BrN3O3/c1-21-13-5-3-2-4-10(13)6-7-16-14-12(18(19)20)8-11(15)9-17-14/h2-5,8-9H,6-7H2,1H3,(H,16,17). The molecule has 0 atom stereocenters. The molecule has 0 aliphatic rings. The SMILES string of the molecule is COc1ccccc1CCNc1ncc(Br)cc1[N+](=O)[O-]. The van der Waals surface area contributed by atoms with E-state index in [4.69, 9.17) is 4.74 Å². The van der Waals surface area contributed by atoms with E-state index in [1.165, 1.54) is 12.3 Å². The van der Waals surface area contributed by atoms with E-state index in [2.05, 4.69) is 26.2 Å². The average molecular weight is 352 g/mol. The molecule has 0 aliphatic heterocycles. The summed E-state index contributed by atoms with van der Waals surface area (Å²) in [4.78, 5) is 14.6. The zero-order valence-electron chi connectivity index (χ0n) is 11.4. The van der Waals surface area contributed by atoms with Gasteiger partial charge in [-0.15, -0.1) is 0 Å². The summed E-state index contributed by atoms with van der Waals surface area (Å²) in [5.74, 6) is 1.07.